The highest BCUT2D eigenvalue weighted by Gasteiger charge is 2.37. The van der Waals surface area contributed by atoms with E-state index in [4.69, 9.17) is 20.9 Å². The molecule has 0 aliphatic carbocycles. The Balaban J connectivity index is 2.33. The smallest absolute Gasteiger partial charge is 0.144 e. The summed E-state index contributed by atoms with van der Waals surface area (Å²) >= 11 is 0. The second kappa shape index (κ2) is 5.96. The highest BCUT2D eigenvalue weighted by atomic mass is 16.5. The molecule has 1 aliphatic heterocycles. The molecule has 7 heteroatoms. The lowest BCUT2D eigenvalue weighted by atomic mass is 9.78. The normalized spacial score (nSPS) is 14.3. The molecule has 0 spiro atoms. The number of rotatable bonds is 2. The number of hydrogen-bond donors (Lipinski definition) is 2. The average molecular weight is 331 g/mol. The maximum absolute atomic E-state index is 9.43. The Kier molecular flexibility index (Phi) is 3.81. The van der Waals surface area contributed by atoms with Gasteiger partial charge in [0, 0.05) is 29.2 Å². The molecule has 122 valence electrons. The van der Waals surface area contributed by atoms with Crippen LogP contribution in [0.4, 0.5) is 11.4 Å². The highest BCUT2D eigenvalue weighted by molar-refractivity contribution is 5.78. The van der Waals surface area contributed by atoms with Crippen LogP contribution in [0.1, 0.15) is 22.6 Å². The van der Waals surface area contributed by atoms with Gasteiger partial charge in [0.1, 0.15) is 29.2 Å². The van der Waals surface area contributed by atoms with Crippen molar-refractivity contribution < 1.29 is 9.47 Å². The van der Waals surface area contributed by atoms with Gasteiger partial charge in [-0.3, -0.25) is 0 Å². The maximum Gasteiger partial charge on any atom is 0.144 e. The Morgan fingerprint density at radius 1 is 1.12 bits per heavy atom. The van der Waals surface area contributed by atoms with Crippen molar-refractivity contribution in [2.75, 3.05) is 18.6 Å². The molecule has 7 nitrogen and oxygen atoms in total. The van der Waals surface area contributed by atoms with E-state index in [1.54, 1.807) is 18.2 Å². The van der Waals surface area contributed by atoms with Gasteiger partial charge in [-0.05, 0) is 6.07 Å². The topological polar surface area (TPSA) is 142 Å². The summed E-state index contributed by atoms with van der Waals surface area (Å²) in [4.78, 5) is 0. The predicted octanol–water partition coefficient (Wildman–Crippen LogP) is 2.63. The first-order chi connectivity index (χ1) is 12.0. The number of fused-ring (bicyclic) bond motifs is 2. The summed E-state index contributed by atoms with van der Waals surface area (Å²) in [6.07, 6.45) is 0. The lowest BCUT2D eigenvalue weighted by Gasteiger charge is -2.30. The van der Waals surface area contributed by atoms with E-state index >= 15 is 0 Å². The fourth-order valence-corrected chi connectivity index (χ4v) is 3.03. The van der Waals surface area contributed by atoms with E-state index in [0.717, 1.165) is 0 Å². The fourth-order valence-electron chi connectivity index (χ4n) is 3.03. The standard InChI is InChI=1S/C18H13N5O2/c1-24-10-2-3-11-14(4-10)25-15-5-13(22)12(8-21)18(23)17(15)16(11)9(6-19)7-20/h2-5,9,16H,22-23H2,1H3. The van der Waals surface area contributed by atoms with Gasteiger partial charge in [-0.2, -0.15) is 15.8 Å². The largest absolute Gasteiger partial charge is 0.497 e. The van der Waals surface area contributed by atoms with E-state index in [9.17, 15) is 15.8 Å². The van der Waals surface area contributed by atoms with Gasteiger partial charge in [-0.1, -0.05) is 6.07 Å². The van der Waals surface area contributed by atoms with Crippen LogP contribution in [0.15, 0.2) is 24.3 Å². The van der Waals surface area contributed by atoms with Crippen molar-refractivity contribution in [1.82, 2.24) is 0 Å². The Labute approximate surface area is 144 Å². The number of benzene rings is 2. The molecule has 2 aromatic rings. The summed E-state index contributed by atoms with van der Waals surface area (Å²) < 4.78 is 11.1. The zero-order valence-electron chi connectivity index (χ0n) is 13.3. The molecule has 0 saturated carbocycles. The van der Waals surface area contributed by atoms with Crippen LogP contribution in [0.3, 0.4) is 0 Å². The third kappa shape index (κ3) is 2.34. The quantitative estimate of drug-likeness (QED) is 0.805. The van der Waals surface area contributed by atoms with Crippen LogP contribution in [0.25, 0.3) is 0 Å². The Morgan fingerprint density at radius 2 is 1.84 bits per heavy atom. The van der Waals surface area contributed by atoms with Gasteiger partial charge in [0.15, 0.2) is 0 Å². The molecule has 1 atom stereocenters. The van der Waals surface area contributed by atoms with Crippen molar-refractivity contribution in [3.05, 3.63) is 41.0 Å². The van der Waals surface area contributed by atoms with Gasteiger partial charge in [0.25, 0.3) is 0 Å². The molecule has 0 radical (unpaired) electrons. The molecule has 4 N–H and O–H groups in total. The molecule has 25 heavy (non-hydrogen) atoms. The first kappa shape index (κ1) is 16.0. The number of nitrogens with zero attached hydrogens (tertiary/aromatic N) is 3. The number of hydrogen-bond acceptors (Lipinski definition) is 7. The molecule has 1 unspecified atom stereocenters. The van der Waals surface area contributed by atoms with E-state index in [0.29, 0.717) is 28.4 Å². The molecule has 0 amide bonds. The van der Waals surface area contributed by atoms with Crippen LogP contribution >= 0.6 is 0 Å². The number of ether oxygens (including phenoxy) is 2. The van der Waals surface area contributed by atoms with Crippen molar-refractivity contribution in [1.29, 1.82) is 15.8 Å². The minimum absolute atomic E-state index is 0.110. The summed E-state index contributed by atoms with van der Waals surface area (Å²) in [5.41, 5.74) is 13.5. The van der Waals surface area contributed by atoms with E-state index in [-0.39, 0.29) is 16.9 Å². The molecule has 2 aromatic carbocycles. The summed E-state index contributed by atoms with van der Waals surface area (Å²) in [5.74, 6) is -0.313. The maximum atomic E-state index is 9.43. The van der Waals surface area contributed by atoms with Crippen molar-refractivity contribution in [2.45, 2.75) is 5.92 Å². The van der Waals surface area contributed by atoms with Gasteiger partial charge in [0.05, 0.1) is 36.2 Å². The molecule has 0 bridgehead atoms. The van der Waals surface area contributed by atoms with Gasteiger partial charge < -0.3 is 20.9 Å². The monoisotopic (exact) mass is 331 g/mol. The van der Waals surface area contributed by atoms with E-state index < -0.39 is 11.8 Å². The number of nitrogens with two attached hydrogens (primary N) is 2. The van der Waals surface area contributed by atoms with E-state index in [1.807, 2.05) is 18.2 Å². The summed E-state index contributed by atoms with van der Waals surface area (Å²) in [7, 11) is 1.53. The minimum atomic E-state index is -1.01. The van der Waals surface area contributed by atoms with Crippen molar-refractivity contribution in [3.8, 4) is 35.5 Å². The lowest BCUT2D eigenvalue weighted by molar-refractivity contribution is 0.402. The van der Waals surface area contributed by atoms with Crippen LogP contribution in [-0.2, 0) is 0 Å². The first-order valence-electron chi connectivity index (χ1n) is 7.32. The second-order valence-electron chi connectivity index (χ2n) is 5.50. The second-order valence-corrected chi connectivity index (χ2v) is 5.50. The Bertz CT molecular complexity index is 980. The molecular weight excluding hydrogens is 318 g/mol. The fraction of sp³-hybridized carbons (Fsp3) is 0.167. The molecule has 0 fully saturated rings. The van der Waals surface area contributed by atoms with Crippen LogP contribution in [0.2, 0.25) is 0 Å². The van der Waals surface area contributed by atoms with Gasteiger partial charge in [0.2, 0.25) is 0 Å². The summed E-state index contributed by atoms with van der Waals surface area (Å²) in [5, 5.41) is 28.2. The van der Waals surface area contributed by atoms with Crippen molar-refractivity contribution in [3.63, 3.8) is 0 Å². The third-order valence-corrected chi connectivity index (χ3v) is 4.21. The summed E-state index contributed by atoms with van der Waals surface area (Å²) in [6, 6.07) is 12.5. The van der Waals surface area contributed by atoms with Crippen molar-refractivity contribution >= 4 is 11.4 Å². The molecule has 0 saturated heterocycles. The van der Waals surface area contributed by atoms with Crippen LogP contribution in [0.5, 0.6) is 17.2 Å². The molecule has 1 heterocycles. The van der Waals surface area contributed by atoms with E-state index in [2.05, 4.69) is 0 Å². The first-order valence-corrected chi connectivity index (χ1v) is 7.32. The molecular formula is C18H13N5O2. The number of nitrogen functional groups attached to an aromatic ring is 2. The van der Waals surface area contributed by atoms with Crippen LogP contribution in [0, 0.1) is 39.9 Å². The van der Waals surface area contributed by atoms with Crippen LogP contribution in [-0.4, -0.2) is 7.11 Å². The van der Waals surface area contributed by atoms with Gasteiger partial charge in [-0.25, -0.2) is 0 Å². The van der Waals surface area contributed by atoms with Crippen LogP contribution < -0.4 is 20.9 Å². The average Bonchev–Trinajstić information content (AvgIpc) is 2.61. The minimum Gasteiger partial charge on any atom is -0.497 e. The molecule has 0 aromatic heterocycles. The molecule has 3 rings (SSSR count). The van der Waals surface area contributed by atoms with Gasteiger partial charge >= 0.3 is 0 Å². The zero-order valence-corrected chi connectivity index (χ0v) is 13.3. The Hall–Kier alpha value is -3.89. The number of anilines is 2. The highest BCUT2D eigenvalue weighted by Crippen LogP contribution is 2.52. The lowest BCUT2D eigenvalue weighted by Crippen LogP contribution is -2.20. The van der Waals surface area contributed by atoms with E-state index in [1.165, 1.54) is 13.2 Å². The SMILES string of the molecule is COc1ccc2c(c1)Oc1cc(N)c(C#N)c(N)c1C2C(C#N)C#N. The number of nitriles is 3. The summed E-state index contributed by atoms with van der Waals surface area (Å²) in [6.45, 7) is 0. The van der Waals surface area contributed by atoms with Gasteiger partial charge in [-0.15, -0.1) is 0 Å². The van der Waals surface area contributed by atoms with Crippen molar-refractivity contribution in [2.24, 2.45) is 5.92 Å². The molecule has 1 aliphatic rings. The zero-order chi connectivity index (χ0) is 18.1. The Morgan fingerprint density at radius 3 is 2.44 bits per heavy atom. The number of methoxy groups -OCH3 is 1. The predicted molar refractivity (Wildman–Crippen MR) is 89.6 cm³/mol. The third-order valence-electron chi connectivity index (χ3n) is 4.21.